The molecule has 3 rings (SSSR count). The number of amides is 2. The van der Waals surface area contributed by atoms with Gasteiger partial charge in [-0.2, -0.15) is 0 Å². The van der Waals surface area contributed by atoms with Gasteiger partial charge in [0.1, 0.15) is 4.88 Å². The molecule has 1 aromatic heterocycles. The first-order valence-corrected chi connectivity index (χ1v) is 10.3. The molecule has 0 bridgehead atoms. The lowest BCUT2D eigenvalue weighted by Crippen LogP contribution is -2.44. The van der Waals surface area contributed by atoms with Gasteiger partial charge in [-0.05, 0) is 38.8 Å². The number of rotatable bonds is 6. The number of benzene rings is 1. The third-order valence-corrected chi connectivity index (χ3v) is 5.92. The van der Waals surface area contributed by atoms with Crippen LogP contribution in [0.15, 0.2) is 36.5 Å². The van der Waals surface area contributed by atoms with E-state index in [2.05, 4.69) is 15.2 Å². The first kappa shape index (κ1) is 19.4. The van der Waals surface area contributed by atoms with Gasteiger partial charge in [0.25, 0.3) is 5.91 Å². The molecule has 1 saturated heterocycles. The molecule has 1 N–H and O–H groups in total. The van der Waals surface area contributed by atoms with Crippen molar-refractivity contribution in [2.45, 2.75) is 26.7 Å². The summed E-state index contributed by atoms with van der Waals surface area (Å²) in [4.78, 5) is 34.2. The van der Waals surface area contributed by atoms with Crippen molar-refractivity contribution in [1.29, 1.82) is 0 Å². The van der Waals surface area contributed by atoms with Crippen molar-refractivity contribution in [2.75, 3.05) is 36.4 Å². The summed E-state index contributed by atoms with van der Waals surface area (Å²) in [6, 6.07) is 9.39. The summed E-state index contributed by atoms with van der Waals surface area (Å²) in [6.07, 6.45) is 3.50. The number of carbonyl (C=O) groups is 2. The topological polar surface area (TPSA) is 65.5 Å². The largest absolute Gasteiger partial charge is 0.347 e. The third kappa shape index (κ3) is 4.66. The van der Waals surface area contributed by atoms with Crippen LogP contribution in [0.1, 0.15) is 36.4 Å². The SMILES string of the molecule is CCN(CC)C(=O)C1CCCN(c2ncc(C(=O)Nc3ccccc3)s2)C1. The molecule has 1 fully saturated rings. The van der Waals surface area contributed by atoms with E-state index in [1.165, 1.54) is 11.3 Å². The molecule has 0 spiro atoms. The zero-order valence-electron chi connectivity index (χ0n) is 15.9. The number of hydrogen-bond donors (Lipinski definition) is 1. The number of nitrogens with zero attached hydrogens (tertiary/aromatic N) is 3. The number of aromatic nitrogens is 1. The highest BCUT2D eigenvalue weighted by atomic mass is 32.1. The Hall–Kier alpha value is -2.41. The second kappa shape index (κ2) is 8.99. The average Bonchev–Trinajstić information content (AvgIpc) is 3.20. The van der Waals surface area contributed by atoms with Gasteiger partial charge in [0.15, 0.2) is 5.13 Å². The monoisotopic (exact) mass is 386 g/mol. The van der Waals surface area contributed by atoms with E-state index in [1.807, 2.05) is 49.1 Å². The van der Waals surface area contributed by atoms with Gasteiger partial charge in [-0.1, -0.05) is 29.5 Å². The second-order valence-electron chi connectivity index (χ2n) is 6.62. The number of piperidine rings is 1. The summed E-state index contributed by atoms with van der Waals surface area (Å²) in [5.74, 6) is 0.0742. The zero-order valence-corrected chi connectivity index (χ0v) is 16.7. The minimum Gasteiger partial charge on any atom is -0.347 e. The van der Waals surface area contributed by atoms with Gasteiger partial charge < -0.3 is 15.1 Å². The highest BCUT2D eigenvalue weighted by molar-refractivity contribution is 7.17. The highest BCUT2D eigenvalue weighted by Gasteiger charge is 2.29. The lowest BCUT2D eigenvalue weighted by atomic mass is 9.97. The zero-order chi connectivity index (χ0) is 19.2. The van der Waals surface area contributed by atoms with Crippen LogP contribution >= 0.6 is 11.3 Å². The van der Waals surface area contributed by atoms with Crippen LogP contribution in [0, 0.1) is 5.92 Å². The van der Waals surface area contributed by atoms with Crippen LogP contribution in [0.3, 0.4) is 0 Å². The summed E-state index contributed by atoms with van der Waals surface area (Å²) < 4.78 is 0. The Morgan fingerprint density at radius 3 is 2.70 bits per heavy atom. The van der Waals surface area contributed by atoms with E-state index < -0.39 is 0 Å². The Labute approximate surface area is 164 Å². The van der Waals surface area contributed by atoms with E-state index in [-0.39, 0.29) is 17.7 Å². The van der Waals surface area contributed by atoms with E-state index in [0.29, 0.717) is 11.4 Å². The van der Waals surface area contributed by atoms with Crippen LogP contribution in [-0.2, 0) is 4.79 Å². The Bertz CT molecular complexity index is 773. The van der Waals surface area contributed by atoms with Gasteiger partial charge >= 0.3 is 0 Å². The van der Waals surface area contributed by atoms with Crippen molar-refractivity contribution in [3.63, 3.8) is 0 Å². The molecule has 1 aromatic carbocycles. The fourth-order valence-corrected chi connectivity index (χ4v) is 4.22. The van der Waals surface area contributed by atoms with E-state index >= 15 is 0 Å². The molecule has 27 heavy (non-hydrogen) atoms. The quantitative estimate of drug-likeness (QED) is 0.825. The van der Waals surface area contributed by atoms with Crippen LogP contribution in [0.5, 0.6) is 0 Å². The number of thiazole rings is 1. The van der Waals surface area contributed by atoms with Crippen LogP contribution < -0.4 is 10.2 Å². The van der Waals surface area contributed by atoms with Crippen molar-refractivity contribution in [1.82, 2.24) is 9.88 Å². The summed E-state index contributed by atoms with van der Waals surface area (Å²) in [6.45, 7) is 7.05. The minimum atomic E-state index is -0.155. The van der Waals surface area contributed by atoms with E-state index in [0.717, 1.165) is 43.3 Å². The lowest BCUT2D eigenvalue weighted by molar-refractivity contribution is -0.135. The fraction of sp³-hybridized carbons (Fsp3) is 0.450. The van der Waals surface area contributed by atoms with Crippen LogP contribution in [0.25, 0.3) is 0 Å². The number of anilines is 2. The van der Waals surface area contributed by atoms with Gasteiger partial charge in [-0.3, -0.25) is 9.59 Å². The minimum absolute atomic E-state index is 0.00384. The molecule has 144 valence electrons. The standard InChI is InChI=1S/C20H26N4O2S/c1-3-23(4-2)19(26)15-9-8-12-24(14-15)20-21-13-17(27-20)18(25)22-16-10-6-5-7-11-16/h5-7,10-11,13,15H,3-4,8-9,12,14H2,1-2H3,(H,22,25). The van der Waals surface area contributed by atoms with Gasteiger partial charge in [0, 0.05) is 31.9 Å². The predicted molar refractivity (Wildman–Crippen MR) is 109 cm³/mol. The Morgan fingerprint density at radius 1 is 1.26 bits per heavy atom. The first-order chi connectivity index (χ1) is 13.1. The normalized spacial score (nSPS) is 16.8. The molecular weight excluding hydrogens is 360 g/mol. The molecular formula is C20H26N4O2S. The fourth-order valence-electron chi connectivity index (χ4n) is 3.38. The third-order valence-electron chi connectivity index (χ3n) is 4.87. The molecule has 1 unspecified atom stereocenters. The molecule has 0 saturated carbocycles. The van der Waals surface area contributed by atoms with Crippen molar-refractivity contribution in [3.8, 4) is 0 Å². The van der Waals surface area contributed by atoms with Crippen molar-refractivity contribution in [2.24, 2.45) is 5.92 Å². The van der Waals surface area contributed by atoms with Crippen LogP contribution in [0.2, 0.25) is 0 Å². The van der Waals surface area contributed by atoms with Crippen LogP contribution in [0.4, 0.5) is 10.8 Å². The summed E-state index contributed by atoms with van der Waals surface area (Å²) in [5.41, 5.74) is 0.764. The van der Waals surface area contributed by atoms with Gasteiger partial charge in [0.05, 0.1) is 12.1 Å². The number of para-hydroxylation sites is 1. The van der Waals surface area contributed by atoms with Gasteiger partial charge in [-0.25, -0.2) is 4.98 Å². The molecule has 1 atom stereocenters. The molecule has 1 aliphatic rings. The molecule has 0 radical (unpaired) electrons. The maximum atomic E-state index is 12.7. The Morgan fingerprint density at radius 2 is 2.00 bits per heavy atom. The molecule has 0 aliphatic carbocycles. The van der Waals surface area contributed by atoms with Crippen molar-refractivity contribution < 1.29 is 9.59 Å². The Balaban J connectivity index is 1.65. The molecule has 7 heteroatoms. The lowest BCUT2D eigenvalue weighted by Gasteiger charge is -2.34. The van der Waals surface area contributed by atoms with E-state index in [4.69, 9.17) is 0 Å². The summed E-state index contributed by atoms with van der Waals surface area (Å²) in [7, 11) is 0. The highest BCUT2D eigenvalue weighted by Crippen LogP contribution is 2.28. The smallest absolute Gasteiger partial charge is 0.267 e. The maximum Gasteiger partial charge on any atom is 0.267 e. The summed E-state index contributed by atoms with van der Waals surface area (Å²) >= 11 is 1.38. The number of carbonyl (C=O) groups excluding carboxylic acids is 2. The molecule has 1 aliphatic heterocycles. The number of hydrogen-bond acceptors (Lipinski definition) is 5. The van der Waals surface area contributed by atoms with Gasteiger partial charge in [0.2, 0.25) is 5.91 Å². The van der Waals surface area contributed by atoms with Gasteiger partial charge in [-0.15, -0.1) is 0 Å². The molecule has 6 nitrogen and oxygen atoms in total. The molecule has 2 heterocycles. The molecule has 2 aromatic rings. The van der Waals surface area contributed by atoms with E-state index in [9.17, 15) is 9.59 Å². The average molecular weight is 387 g/mol. The second-order valence-corrected chi connectivity index (χ2v) is 7.63. The first-order valence-electron chi connectivity index (χ1n) is 9.48. The van der Waals surface area contributed by atoms with Crippen molar-refractivity contribution >= 4 is 34.0 Å². The van der Waals surface area contributed by atoms with E-state index in [1.54, 1.807) is 6.20 Å². The Kier molecular flexibility index (Phi) is 6.45. The number of nitrogens with one attached hydrogen (secondary N) is 1. The predicted octanol–water partition coefficient (Wildman–Crippen LogP) is 3.48. The maximum absolute atomic E-state index is 12.7. The summed E-state index contributed by atoms with van der Waals surface area (Å²) in [5, 5.41) is 3.69. The molecule has 2 amide bonds. The van der Waals surface area contributed by atoms with Crippen molar-refractivity contribution in [3.05, 3.63) is 41.4 Å². The van der Waals surface area contributed by atoms with Crippen LogP contribution in [-0.4, -0.2) is 47.9 Å².